The van der Waals surface area contributed by atoms with Gasteiger partial charge >= 0.3 is 0 Å². The second kappa shape index (κ2) is 10.1. The van der Waals surface area contributed by atoms with Gasteiger partial charge in [-0.15, -0.1) is 0 Å². The number of methoxy groups -OCH3 is 1. The predicted octanol–water partition coefficient (Wildman–Crippen LogP) is 2.61. The molecule has 0 aromatic heterocycles. The lowest BCUT2D eigenvalue weighted by molar-refractivity contribution is -0.118. The smallest absolute Gasteiger partial charge is 0.262 e. The van der Waals surface area contributed by atoms with E-state index in [-0.39, 0.29) is 18.3 Å². The van der Waals surface area contributed by atoms with E-state index < -0.39 is 5.91 Å². The molecule has 2 N–H and O–H groups in total. The van der Waals surface area contributed by atoms with Crippen molar-refractivity contribution in [2.24, 2.45) is 0 Å². The molecule has 2 amide bonds. The van der Waals surface area contributed by atoms with Gasteiger partial charge in [0, 0.05) is 20.3 Å². The van der Waals surface area contributed by atoms with Crippen LogP contribution in [0.4, 0.5) is 10.1 Å². The summed E-state index contributed by atoms with van der Waals surface area (Å²) in [5.41, 5.74) is 0.754. The van der Waals surface area contributed by atoms with Crippen LogP contribution >= 0.6 is 0 Å². The number of halogens is 1. The molecule has 26 heavy (non-hydrogen) atoms. The third-order valence-corrected chi connectivity index (χ3v) is 3.44. The Kier molecular flexibility index (Phi) is 7.57. The molecule has 0 aliphatic carbocycles. The first-order valence-electron chi connectivity index (χ1n) is 8.14. The van der Waals surface area contributed by atoms with E-state index in [1.54, 1.807) is 31.4 Å². The van der Waals surface area contributed by atoms with Crippen molar-refractivity contribution in [3.63, 3.8) is 0 Å². The van der Waals surface area contributed by atoms with E-state index in [0.29, 0.717) is 36.6 Å². The number of nitrogens with one attached hydrogen (secondary N) is 2. The van der Waals surface area contributed by atoms with Crippen molar-refractivity contribution in [2.75, 3.05) is 32.2 Å². The number of ether oxygens (including phenoxy) is 2. The number of anilines is 1. The Morgan fingerprint density at radius 1 is 1.08 bits per heavy atom. The maximum absolute atomic E-state index is 12.8. The summed E-state index contributed by atoms with van der Waals surface area (Å²) in [5.74, 6) is -0.705. The molecule has 7 heteroatoms. The maximum Gasteiger partial charge on any atom is 0.262 e. The molecule has 0 aliphatic heterocycles. The number of rotatable bonds is 9. The lowest BCUT2D eigenvalue weighted by Gasteiger charge is -2.12. The molecular formula is C19H21FN2O4. The molecule has 0 radical (unpaired) electrons. The number of amides is 2. The Labute approximate surface area is 151 Å². The number of para-hydroxylation sites is 1. The molecule has 0 fully saturated rings. The highest BCUT2D eigenvalue weighted by atomic mass is 19.1. The summed E-state index contributed by atoms with van der Waals surface area (Å²) in [5, 5.41) is 5.42. The molecule has 138 valence electrons. The zero-order chi connectivity index (χ0) is 18.8. The highest BCUT2D eigenvalue weighted by Gasteiger charge is 2.13. The molecule has 0 bridgehead atoms. The summed E-state index contributed by atoms with van der Waals surface area (Å²) < 4.78 is 23.1. The van der Waals surface area contributed by atoms with Crippen LogP contribution in [0.1, 0.15) is 16.8 Å². The summed E-state index contributed by atoms with van der Waals surface area (Å²) in [4.78, 5) is 24.3. The summed E-state index contributed by atoms with van der Waals surface area (Å²) in [6.45, 7) is 0.775. The molecule has 0 unspecified atom stereocenters. The molecule has 0 spiro atoms. The minimum absolute atomic E-state index is 0.255. The highest BCUT2D eigenvalue weighted by Crippen LogP contribution is 2.15. The van der Waals surface area contributed by atoms with Crippen LogP contribution in [0.3, 0.4) is 0 Å². The van der Waals surface area contributed by atoms with E-state index >= 15 is 0 Å². The molecule has 2 aromatic rings. The SMILES string of the molecule is COCCCNC(=O)c1ccccc1NC(=O)COc1ccc(F)cc1. The van der Waals surface area contributed by atoms with E-state index in [2.05, 4.69) is 10.6 Å². The largest absolute Gasteiger partial charge is 0.484 e. The van der Waals surface area contributed by atoms with Gasteiger partial charge < -0.3 is 20.1 Å². The lowest BCUT2D eigenvalue weighted by Crippen LogP contribution is -2.27. The molecule has 6 nitrogen and oxygen atoms in total. The zero-order valence-electron chi connectivity index (χ0n) is 14.5. The van der Waals surface area contributed by atoms with Gasteiger partial charge in [0.05, 0.1) is 11.3 Å². The molecule has 0 atom stereocenters. The Morgan fingerprint density at radius 3 is 2.54 bits per heavy atom. The van der Waals surface area contributed by atoms with Crippen LogP contribution in [-0.2, 0) is 9.53 Å². The summed E-state index contributed by atoms with van der Waals surface area (Å²) in [7, 11) is 1.60. The van der Waals surface area contributed by atoms with E-state index in [4.69, 9.17) is 9.47 Å². The van der Waals surface area contributed by atoms with E-state index in [0.717, 1.165) is 0 Å². The lowest BCUT2D eigenvalue weighted by atomic mass is 10.1. The Hall–Kier alpha value is -2.93. The number of carbonyl (C=O) groups is 2. The van der Waals surface area contributed by atoms with Crippen molar-refractivity contribution in [1.29, 1.82) is 0 Å². The average Bonchev–Trinajstić information content (AvgIpc) is 2.65. The topological polar surface area (TPSA) is 76.7 Å². The van der Waals surface area contributed by atoms with Crippen LogP contribution in [0.15, 0.2) is 48.5 Å². The molecule has 0 heterocycles. The Morgan fingerprint density at radius 2 is 1.81 bits per heavy atom. The second-order valence-electron chi connectivity index (χ2n) is 5.44. The van der Waals surface area contributed by atoms with Crippen LogP contribution in [0.2, 0.25) is 0 Å². The second-order valence-corrected chi connectivity index (χ2v) is 5.44. The van der Waals surface area contributed by atoms with Gasteiger partial charge in [0.1, 0.15) is 11.6 Å². The van der Waals surface area contributed by atoms with Gasteiger partial charge in [0.15, 0.2) is 6.61 Å². The van der Waals surface area contributed by atoms with E-state index in [9.17, 15) is 14.0 Å². The minimum atomic E-state index is -0.422. The number of hydrogen-bond donors (Lipinski definition) is 2. The zero-order valence-corrected chi connectivity index (χ0v) is 14.5. The molecule has 0 saturated carbocycles. The highest BCUT2D eigenvalue weighted by molar-refractivity contribution is 6.04. The van der Waals surface area contributed by atoms with E-state index in [1.807, 2.05) is 0 Å². The van der Waals surface area contributed by atoms with Crippen LogP contribution in [-0.4, -0.2) is 38.7 Å². The van der Waals surface area contributed by atoms with Crippen molar-refractivity contribution in [1.82, 2.24) is 5.32 Å². The standard InChI is InChI=1S/C19H21FN2O4/c1-25-12-4-11-21-19(24)16-5-2-3-6-17(16)22-18(23)13-26-15-9-7-14(20)8-10-15/h2-3,5-10H,4,11-13H2,1H3,(H,21,24)(H,22,23). The third kappa shape index (κ3) is 6.18. The van der Waals surface area contributed by atoms with Gasteiger partial charge in [-0.2, -0.15) is 0 Å². The predicted molar refractivity (Wildman–Crippen MR) is 95.8 cm³/mol. The first-order valence-corrected chi connectivity index (χ1v) is 8.14. The average molecular weight is 360 g/mol. The van der Waals surface area contributed by atoms with Crippen molar-refractivity contribution in [3.8, 4) is 5.75 Å². The molecule has 0 aliphatic rings. The van der Waals surface area contributed by atoms with Crippen LogP contribution in [0.5, 0.6) is 5.75 Å². The summed E-state index contributed by atoms with van der Waals surface area (Å²) in [6.07, 6.45) is 0.697. The van der Waals surface area contributed by atoms with E-state index in [1.165, 1.54) is 24.3 Å². The first kappa shape index (κ1) is 19.4. The quantitative estimate of drug-likeness (QED) is 0.674. The summed E-state index contributed by atoms with van der Waals surface area (Å²) >= 11 is 0. The normalized spacial score (nSPS) is 10.2. The van der Waals surface area contributed by atoms with Gasteiger partial charge in [-0.25, -0.2) is 4.39 Å². The monoisotopic (exact) mass is 360 g/mol. The van der Waals surface area contributed by atoms with Crippen molar-refractivity contribution < 1.29 is 23.5 Å². The number of benzene rings is 2. The third-order valence-electron chi connectivity index (χ3n) is 3.44. The van der Waals surface area contributed by atoms with Crippen LogP contribution in [0.25, 0.3) is 0 Å². The Bertz CT molecular complexity index is 735. The van der Waals surface area contributed by atoms with Crippen molar-refractivity contribution in [2.45, 2.75) is 6.42 Å². The Balaban J connectivity index is 1.90. The minimum Gasteiger partial charge on any atom is -0.484 e. The van der Waals surface area contributed by atoms with Gasteiger partial charge in [-0.3, -0.25) is 9.59 Å². The number of carbonyl (C=O) groups excluding carboxylic acids is 2. The maximum atomic E-state index is 12.8. The molecule has 2 rings (SSSR count). The fourth-order valence-corrected chi connectivity index (χ4v) is 2.17. The van der Waals surface area contributed by atoms with Crippen LogP contribution in [0, 0.1) is 5.82 Å². The molecule has 0 saturated heterocycles. The van der Waals surface area contributed by atoms with Gasteiger partial charge in [-0.05, 0) is 42.8 Å². The summed E-state index contributed by atoms with van der Waals surface area (Å²) in [6, 6.07) is 12.1. The van der Waals surface area contributed by atoms with Crippen molar-refractivity contribution >= 4 is 17.5 Å². The van der Waals surface area contributed by atoms with Gasteiger partial charge in [0.25, 0.3) is 11.8 Å². The fourth-order valence-electron chi connectivity index (χ4n) is 2.17. The van der Waals surface area contributed by atoms with Gasteiger partial charge in [-0.1, -0.05) is 12.1 Å². The molecular weight excluding hydrogens is 339 g/mol. The van der Waals surface area contributed by atoms with Gasteiger partial charge in [0.2, 0.25) is 0 Å². The number of hydrogen-bond acceptors (Lipinski definition) is 4. The van der Waals surface area contributed by atoms with Crippen molar-refractivity contribution in [3.05, 3.63) is 59.9 Å². The van der Waals surface area contributed by atoms with Crippen LogP contribution < -0.4 is 15.4 Å². The first-order chi connectivity index (χ1) is 12.6. The fraction of sp³-hybridized carbons (Fsp3) is 0.263. The molecule has 2 aromatic carbocycles.